The molecule has 1 aliphatic heterocycles. The van der Waals surface area contributed by atoms with E-state index in [2.05, 4.69) is 28.8 Å². The predicted octanol–water partition coefficient (Wildman–Crippen LogP) is 3.97. The predicted molar refractivity (Wildman–Crippen MR) is 139 cm³/mol. The van der Waals surface area contributed by atoms with Gasteiger partial charge in [-0.25, -0.2) is 0 Å². The quantitative estimate of drug-likeness (QED) is 0.418. The molecule has 0 radical (unpaired) electrons. The van der Waals surface area contributed by atoms with Crippen LogP contribution in [0.3, 0.4) is 0 Å². The Morgan fingerprint density at radius 2 is 1.78 bits per heavy atom. The zero-order valence-corrected chi connectivity index (χ0v) is 20.2. The number of rotatable bonds is 7. The maximum atomic E-state index is 13.4. The summed E-state index contributed by atoms with van der Waals surface area (Å²) in [5.41, 5.74) is 3.55. The number of carbonyl (C=O) groups is 2. The largest absolute Gasteiger partial charge is 0.378 e. The van der Waals surface area contributed by atoms with Crippen molar-refractivity contribution in [3.05, 3.63) is 111 Å². The van der Waals surface area contributed by atoms with E-state index < -0.39 is 11.8 Å². The lowest BCUT2D eigenvalue weighted by Gasteiger charge is -2.21. The molecule has 0 fully saturated rings. The van der Waals surface area contributed by atoms with Crippen LogP contribution in [0.15, 0.2) is 77.6 Å². The summed E-state index contributed by atoms with van der Waals surface area (Å²) in [6.45, 7) is 2.51. The summed E-state index contributed by atoms with van der Waals surface area (Å²) in [6, 6.07) is 23.1. The van der Waals surface area contributed by atoms with Gasteiger partial charge in [0.2, 0.25) is 5.91 Å². The number of aryl methyl sites for hydroxylation is 1. The van der Waals surface area contributed by atoms with Crippen molar-refractivity contribution < 1.29 is 14.3 Å². The van der Waals surface area contributed by atoms with E-state index in [4.69, 9.17) is 4.74 Å². The molecule has 1 aromatic heterocycles. The SMILES string of the molecule is COCc1c(C(=O)NCC2C(=O)Nc3ccccc32)c(=O)cc(C)n1Cc1cccc2ccccc12. The van der Waals surface area contributed by atoms with E-state index in [1.165, 1.54) is 13.2 Å². The van der Waals surface area contributed by atoms with Crippen LogP contribution in [0.1, 0.15) is 38.8 Å². The average molecular weight is 482 g/mol. The van der Waals surface area contributed by atoms with Crippen LogP contribution in [-0.2, 0) is 22.7 Å². The maximum Gasteiger partial charge on any atom is 0.257 e. The molecule has 0 saturated heterocycles. The van der Waals surface area contributed by atoms with Crippen LogP contribution >= 0.6 is 0 Å². The highest BCUT2D eigenvalue weighted by molar-refractivity contribution is 6.03. The van der Waals surface area contributed by atoms with Crippen molar-refractivity contribution >= 4 is 28.3 Å². The second-order valence-corrected chi connectivity index (χ2v) is 8.97. The molecule has 182 valence electrons. The van der Waals surface area contributed by atoms with Gasteiger partial charge in [0.05, 0.1) is 18.2 Å². The first kappa shape index (κ1) is 23.5. The Morgan fingerprint density at radius 3 is 2.61 bits per heavy atom. The van der Waals surface area contributed by atoms with Gasteiger partial charge in [0.1, 0.15) is 5.56 Å². The molecule has 0 bridgehead atoms. The van der Waals surface area contributed by atoms with Crippen molar-refractivity contribution in [2.75, 3.05) is 19.0 Å². The second kappa shape index (κ2) is 9.79. The standard InChI is InChI=1S/C29H27N3O4/c1-18-14-26(33)27(29(35)30-15-23-22-12-5-6-13-24(22)31-28(23)34)25(17-36-2)32(18)16-20-10-7-9-19-8-3-4-11-21(19)20/h3-14,23H,15-17H2,1-2H3,(H,30,35)(H,31,34). The van der Waals surface area contributed by atoms with Gasteiger partial charge in [0, 0.05) is 37.6 Å². The summed E-state index contributed by atoms with van der Waals surface area (Å²) in [6.07, 6.45) is 0. The molecule has 0 saturated carbocycles. The van der Waals surface area contributed by atoms with E-state index in [-0.39, 0.29) is 30.1 Å². The third-order valence-corrected chi connectivity index (χ3v) is 6.72. The van der Waals surface area contributed by atoms with Gasteiger partial charge in [-0.05, 0) is 34.9 Å². The van der Waals surface area contributed by atoms with Crippen LogP contribution in [0, 0.1) is 6.92 Å². The van der Waals surface area contributed by atoms with Crippen molar-refractivity contribution in [3.63, 3.8) is 0 Å². The molecule has 3 aromatic carbocycles. The first-order valence-electron chi connectivity index (χ1n) is 11.8. The van der Waals surface area contributed by atoms with Crippen LogP contribution in [-0.4, -0.2) is 30.0 Å². The number of para-hydroxylation sites is 1. The van der Waals surface area contributed by atoms with Crippen molar-refractivity contribution in [1.29, 1.82) is 0 Å². The fraction of sp³-hybridized carbons (Fsp3) is 0.207. The number of nitrogens with zero attached hydrogens (tertiary/aromatic N) is 1. The van der Waals surface area contributed by atoms with Gasteiger partial charge in [-0.1, -0.05) is 60.7 Å². The number of benzene rings is 3. The van der Waals surface area contributed by atoms with Crippen LogP contribution in [0.25, 0.3) is 10.8 Å². The smallest absolute Gasteiger partial charge is 0.257 e. The topological polar surface area (TPSA) is 89.4 Å². The van der Waals surface area contributed by atoms with Gasteiger partial charge in [0.15, 0.2) is 5.43 Å². The molecular weight excluding hydrogens is 454 g/mol. The molecule has 7 nitrogen and oxygen atoms in total. The number of hydrogen-bond acceptors (Lipinski definition) is 4. The molecular formula is C29H27N3O4. The number of nitrogens with one attached hydrogen (secondary N) is 2. The lowest BCUT2D eigenvalue weighted by Crippen LogP contribution is -2.36. The molecule has 4 aromatic rings. The van der Waals surface area contributed by atoms with E-state index in [9.17, 15) is 14.4 Å². The minimum absolute atomic E-state index is 0.0365. The Balaban J connectivity index is 1.49. The molecule has 36 heavy (non-hydrogen) atoms. The molecule has 5 rings (SSSR count). The Kier molecular flexibility index (Phi) is 6.40. The average Bonchev–Trinajstić information content (AvgIpc) is 3.20. The van der Waals surface area contributed by atoms with Gasteiger partial charge < -0.3 is 19.9 Å². The van der Waals surface area contributed by atoms with Crippen LogP contribution in [0.5, 0.6) is 0 Å². The van der Waals surface area contributed by atoms with Gasteiger partial charge in [-0.15, -0.1) is 0 Å². The summed E-state index contributed by atoms with van der Waals surface area (Å²) in [7, 11) is 1.54. The first-order chi connectivity index (χ1) is 17.5. The first-order valence-corrected chi connectivity index (χ1v) is 11.8. The highest BCUT2D eigenvalue weighted by atomic mass is 16.5. The fourth-order valence-electron chi connectivity index (χ4n) is 4.94. The van der Waals surface area contributed by atoms with Crippen LogP contribution in [0.2, 0.25) is 0 Å². The molecule has 1 aliphatic rings. The van der Waals surface area contributed by atoms with Crippen molar-refractivity contribution in [2.45, 2.75) is 26.0 Å². The zero-order chi connectivity index (χ0) is 25.2. The monoisotopic (exact) mass is 481 g/mol. The lowest BCUT2D eigenvalue weighted by molar-refractivity contribution is -0.116. The highest BCUT2D eigenvalue weighted by Crippen LogP contribution is 2.31. The number of fused-ring (bicyclic) bond motifs is 2. The van der Waals surface area contributed by atoms with E-state index in [0.29, 0.717) is 12.2 Å². The van der Waals surface area contributed by atoms with Gasteiger partial charge in [-0.3, -0.25) is 14.4 Å². The van der Waals surface area contributed by atoms with Crippen molar-refractivity contribution in [1.82, 2.24) is 9.88 Å². The molecule has 1 atom stereocenters. The number of ether oxygens (including phenoxy) is 1. The third-order valence-electron chi connectivity index (χ3n) is 6.72. The Bertz CT molecular complexity index is 1530. The van der Waals surface area contributed by atoms with Gasteiger partial charge >= 0.3 is 0 Å². The lowest BCUT2D eigenvalue weighted by atomic mass is 10.0. The van der Waals surface area contributed by atoms with Crippen LogP contribution in [0.4, 0.5) is 5.69 Å². The van der Waals surface area contributed by atoms with Crippen LogP contribution < -0.4 is 16.1 Å². The minimum Gasteiger partial charge on any atom is -0.378 e. The number of aromatic nitrogens is 1. The number of carbonyl (C=O) groups excluding carboxylic acids is 2. The van der Waals surface area contributed by atoms with Gasteiger partial charge in [-0.2, -0.15) is 0 Å². The molecule has 1 unspecified atom stereocenters. The number of hydrogen-bond donors (Lipinski definition) is 2. The molecule has 2 N–H and O–H groups in total. The minimum atomic E-state index is -0.518. The van der Waals surface area contributed by atoms with E-state index in [1.54, 1.807) is 0 Å². The molecule has 0 aliphatic carbocycles. The highest BCUT2D eigenvalue weighted by Gasteiger charge is 2.31. The molecule has 7 heteroatoms. The van der Waals surface area contributed by atoms with E-state index >= 15 is 0 Å². The number of methoxy groups -OCH3 is 1. The normalized spacial score (nSPS) is 14.5. The Hall–Kier alpha value is -4.23. The van der Waals surface area contributed by atoms with Crippen molar-refractivity contribution in [2.24, 2.45) is 0 Å². The summed E-state index contributed by atoms with van der Waals surface area (Å²) in [5, 5.41) is 7.89. The summed E-state index contributed by atoms with van der Waals surface area (Å²) in [4.78, 5) is 38.9. The third kappa shape index (κ3) is 4.29. The van der Waals surface area contributed by atoms with E-state index in [0.717, 1.165) is 33.3 Å². The Morgan fingerprint density at radius 1 is 1.03 bits per heavy atom. The van der Waals surface area contributed by atoms with E-state index in [1.807, 2.05) is 60.0 Å². The number of pyridine rings is 1. The number of amides is 2. The fourth-order valence-corrected chi connectivity index (χ4v) is 4.94. The maximum absolute atomic E-state index is 13.4. The zero-order valence-electron chi connectivity index (χ0n) is 20.2. The van der Waals surface area contributed by atoms with Gasteiger partial charge in [0.25, 0.3) is 5.91 Å². The van der Waals surface area contributed by atoms with Crippen molar-refractivity contribution in [3.8, 4) is 0 Å². The molecule has 2 heterocycles. The molecule has 2 amide bonds. The summed E-state index contributed by atoms with van der Waals surface area (Å²) in [5.74, 6) is -1.21. The number of anilines is 1. The second-order valence-electron chi connectivity index (χ2n) is 8.97. The molecule has 0 spiro atoms. The Labute approximate surface area is 208 Å². The summed E-state index contributed by atoms with van der Waals surface area (Å²) >= 11 is 0. The summed E-state index contributed by atoms with van der Waals surface area (Å²) < 4.78 is 7.39.